The normalized spacial score (nSPS) is 18.3. The van der Waals surface area contributed by atoms with Gasteiger partial charge in [-0.2, -0.15) is 5.26 Å². The lowest BCUT2D eigenvalue weighted by atomic mass is 9.79. The van der Waals surface area contributed by atoms with Crippen molar-refractivity contribution in [1.82, 2.24) is 10.2 Å². The monoisotopic (exact) mass is 402 g/mol. The van der Waals surface area contributed by atoms with Crippen LogP contribution >= 0.6 is 11.6 Å². The van der Waals surface area contributed by atoms with Gasteiger partial charge in [0.1, 0.15) is 6.07 Å². The summed E-state index contributed by atoms with van der Waals surface area (Å²) in [6.07, 6.45) is 3.89. The van der Waals surface area contributed by atoms with Gasteiger partial charge in [0.05, 0.1) is 11.3 Å². The number of hydrogen-bond donors (Lipinski definition) is 1. The van der Waals surface area contributed by atoms with E-state index in [1.54, 1.807) is 24.1 Å². The van der Waals surface area contributed by atoms with Gasteiger partial charge in [-0.3, -0.25) is 9.59 Å². The molecule has 0 atom stereocenters. The third kappa shape index (κ3) is 4.77. The van der Waals surface area contributed by atoms with Crippen LogP contribution in [0.3, 0.4) is 0 Å². The number of hydrogen-bond acceptors (Lipinski definition) is 4. The molecule has 3 rings (SSSR count). The van der Waals surface area contributed by atoms with Crippen molar-refractivity contribution in [3.8, 4) is 6.07 Å². The molecule has 0 radical (unpaired) electrons. The number of anilines is 1. The summed E-state index contributed by atoms with van der Waals surface area (Å²) in [6.45, 7) is 3.84. The maximum absolute atomic E-state index is 13.0. The summed E-state index contributed by atoms with van der Waals surface area (Å²) in [4.78, 5) is 28.7. The molecule has 2 aliphatic rings. The molecule has 1 N–H and O–H groups in total. The minimum absolute atomic E-state index is 0.0221. The number of rotatable bonds is 6. The van der Waals surface area contributed by atoms with Crippen LogP contribution in [0.1, 0.15) is 44.6 Å². The smallest absolute Gasteiger partial charge is 0.228 e. The van der Waals surface area contributed by atoms with E-state index >= 15 is 0 Å². The van der Waals surface area contributed by atoms with E-state index in [0.29, 0.717) is 55.5 Å². The third-order valence-electron chi connectivity index (χ3n) is 5.77. The molecule has 0 spiro atoms. The molecule has 6 nitrogen and oxygen atoms in total. The molecule has 1 aliphatic carbocycles. The zero-order valence-corrected chi connectivity index (χ0v) is 17.3. The highest BCUT2D eigenvalue weighted by molar-refractivity contribution is 6.30. The molecule has 2 amide bonds. The minimum Gasteiger partial charge on any atom is -0.370 e. The van der Waals surface area contributed by atoms with E-state index in [9.17, 15) is 14.9 Å². The molecule has 28 heavy (non-hydrogen) atoms. The average molecular weight is 403 g/mol. The second kappa shape index (κ2) is 8.40. The minimum atomic E-state index is -0.447. The molecule has 2 fully saturated rings. The molecule has 1 aromatic carbocycles. The quantitative estimate of drug-likeness (QED) is 0.793. The van der Waals surface area contributed by atoms with Crippen molar-refractivity contribution >= 4 is 29.1 Å². The SMILES string of the molecule is CN(CCC(=O)NC1CC1)C(=O)C1(C)CCN(c2ccc(Cl)cc2C#N)CC1. The summed E-state index contributed by atoms with van der Waals surface area (Å²) in [7, 11) is 1.78. The van der Waals surface area contributed by atoms with E-state index in [1.165, 1.54) is 0 Å². The molecule has 0 unspecified atom stereocenters. The van der Waals surface area contributed by atoms with Gasteiger partial charge in [-0.25, -0.2) is 0 Å². The Balaban J connectivity index is 1.55. The van der Waals surface area contributed by atoms with Crippen molar-refractivity contribution in [1.29, 1.82) is 5.26 Å². The van der Waals surface area contributed by atoms with Crippen LogP contribution in [-0.2, 0) is 9.59 Å². The van der Waals surface area contributed by atoms with Gasteiger partial charge in [-0.1, -0.05) is 18.5 Å². The fourth-order valence-electron chi connectivity index (χ4n) is 3.69. The van der Waals surface area contributed by atoms with Crippen LogP contribution in [0.5, 0.6) is 0 Å². The van der Waals surface area contributed by atoms with Crippen molar-refractivity contribution < 1.29 is 9.59 Å². The Labute approximate surface area is 171 Å². The maximum Gasteiger partial charge on any atom is 0.228 e. The molecule has 1 aliphatic heterocycles. The van der Waals surface area contributed by atoms with Gasteiger partial charge in [0, 0.05) is 49.6 Å². The van der Waals surface area contributed by atoms with Crippen LogP contribution < -0.4 is 10.2 Å². The predicted molar refractivity (Wildman–Crippen MR) is 109 cm³/mol. The number of carbonyl (C=O) groups excluding carboxylic acids is 2. The van der Waals surface area contributed by atoms with E-state index in [-0.39, 0.29) is 11.8 Å². The van der Waals surface area contributed by atoms with Crippen LogP contribution in [0.2, 0.25) is 5.02 Å². The topological polar surface area (TPSA) is 76.4 Å². The fraction of sp³-hybridized carbons (Fsp3) is 0.571. The number of nitrogens with one attached hydrogen (secondary N) is 1. The van der Waals surface area contributed by atoms with Crippen LogP contribution in [0.4, 0.5) is 5.69 Å². The van der Waals surface area contributed by atoms with Crippen molar-refractivity contribution in [2.45, 2.75) is 45.1 Å². The van der Waals surface area contributed by atoms with Gasteiger partial charge < -0.3 is 15.1 Å². The van der Waals surface area contributed by atoms with E-state index < -0.39 is 5.41 Å². The molecular weight excluding hydrogens is 376 g/mol. The number of amides is 2. The molecular formula is C21H27ClN4O2. The van der Waals surface area contributed by atoms with Crippen molar-refractivity contribution in [2.75, 3.05) is 31.6 Å². The second-order valence-corrected chi connectivity index (χ2v) is 8.58. The second-order valence-electron chi connectivity index (χ2n) is 8.14. The van der Waals surface area contributed by atoms with Crippen LogP contribution in [0, 0.1) is 16.7 Å². The predicted octanol–water partition coefficient (Wildman–Crippen LogP) is 2.95. The maximum atomic E-state index is 13.0. The molecule has 1 saturated carbocycles. The number of benzene rings is 1. The number of halogens is 1. The molecule has 150 valence electrons. The molecule has 0 bridgehead atoms. The van der Waals surface area contributed by atoms with Crippen LogP contribution in [-0.4, -0.2) is 49.4 Å². The lowest BCUT2D eigenvalue weighted by Crippen LogP contribution is -2.48. The zero-order chi connectivity index (χ0) is 20.3. The first kappa shape index (κ1) is 20.5. The molecule has 7 heteroatoms. The van der Waals surface area contributed by atoms with Crippen LogP contribution in [0.25, 0.3) is 0 Å². The number of nitrogens with zero attached hydrogens (tertiary/aromatic N) is 3. The van der Waals surface area contributed by atoms with E-state index in [2.05, 4.69) is 16.3 Å². The lowest BCUT2D eigenvalue weighted by Gasteiger charge is -2.41. The average Bonchev–Trinajstić information content (AvgIpc) is 3.50. The number of carbonyl (C=O) groups is 2. The van der Waals surface area contributed by atoms with Crippen molar-refractivity contribution in [2.24, 2.45) is 5.41 Å². The summed E-state index contributed by atoms with van der Waals surface area (Å²) < 4.78 is 0. The van der Waals surface area contributed by atoms with Gasteiger partial charge in [0.15, 0.2) is 0 Å². The summed E-state index contributed by atoms with van der Waals surface area (Å²) in [5.74, 6) is 0.108. The first-order chi connectivity index (χ1) is 13.3. The Morgan fingerprint density at radius 1 is 1.36 bits per heavy atom. The zero-order valence-electron chi connectivity index (χ0n) is 16.5. The van der Waals surface area contributed by atoms with E-state index in [1.807, 2.05) is 13.0 Å². The van der Waals surface area contributed by atoms with Gasteiger partial charge in [0.25, 0.3) is 0 Å². The summed E-state index contributed by atoms with van der Waals surface area (Å²) in [5.41, 5.74) is 0.977. The highest BCUT2D eigenvalue weighted by Crippen LogP contribution is 2.36. The van der Waals surface area contributed by atoms with Crippen LogP contribution in [0.15, 0.2) is 18.2 Å². The summed E-state index contributed by atoms with van der Waals surface area (Å²) >= 11 is 5.99. The largest absolute Gasteiger partial charge is 0.370 e. The Hall–Kier alpha value is -2.26. The molecule has 0 aromatic heterocycles. The third-order valence-corrected chi connectivity index (χ3v) is 6.00. The highest BCUT2D eigenvalue weighted by atomic mass is 35.5. The fourth-order valence-corrected chi connectivity index (χ4v) is 3.86. The number of piperidine rings is 1. The van der Waals surface area contributed by atoms with E-state index in [0.717, 1.165) is 18.5 Å². The van der Waals surface area contributed by atoms with Crippen molar-refractivity contribution in [3.63, 3.8) is 0 Å². The Kier molecular flexibility index (Phi) is 6.14. The standard InChI is InChI=1S/C21H27ClN4O2/c1-21(20(28)25(2)10-7-19(27)24-17-4-5-17)8-11-26(12-9-21)18-6-3-16(22)13-15(18)14-23/h3,6,13,17H,4-5,7-12H2,1-2H3,(H,24,27). The summed E-state index contributed by atoms with van der Waals surface area (Å²) in [5, 5.41) is 12.9. The summed E-state index contributed by atoms with van der Waals surface area (Å²) in [6, 6.07) is 7.89. The lowest BCUT2D eigenvalue weighted by molar-refractivity contribution is -0.141. The molecule has 1 saturated heterocycles. The molecule has 1 heterocycles. The Morgan fingerprint density at radius 2 is 2.04 bits per heavy atom. The first-order valence-electron chi connectivity index (χ1n) is 9.82. The highest BCUT2D eigenvalue weighted by Gasteiger charge is 2.39. The number of nitriles is 1. The van der Waals surface area contributed by atoms with Gasteiger partial charge in [-0.05, 0) is 43.9 Å². The van der Waals surface area contributed by atoms with Gasteiger partial charge in [-0.15, -0.1) is 0 Å². The van der Waals surface area contributed by atoms with Crippen molar-refractivity contribution in [3.05, 3.63) is 28.8 Å². The Bertz CT molecular complexity index is 792. The first-order valence-corrected chi connectivity index (χ1v) is 10.2. The Morgan fingerprint density at radius 3 is 2.64 bits per heavy atom. The van der Waals surface area contributed by atoms with E-state index in [4.69, 9.17) is 11.6 Å². The van der Waals surface area contributed by atoms with Gasteiger partial charge in [0.2, 0.25) is 11.8 Å². The van der Waals surface area contributed by atoms with Gasteiger partial charge >= 0.3 is 0 Å². The molecule has 1 aromatic rings.